The highest BCUT2D eigenvalue weighted by atomic mass is 32.2. The van der Waals surface area contributed by atoms with E-state index < -0.39 is 0 Å². The van der Waals surface area contributed by atoms with E-state index in [2.05, 4.69) is 70.8 Å². The van der Waals surface area contributed by atoms with Gasteiger partial charge in [0.25, 0.3) is 0 Å². The van der Waals surface area contributed by atoms with E-state index >= 15 is 0 Å². The van der Waals surface area contributed by atoms with Crippen molar-refractivity contribution in [3.05, 3.63) is 60.2 Å². The van der Waals surface area contributed by atoms with Gasteiger partial charge in [0.15, 0.2) is 0 Å². The smallest absolute Gasteiger partial charge is 0.133 e. The maximum absolute atomic E-state index is 5.56. The first-order valence-electron chi connectivity index (χ1n) is 11.9. The molecule has 0 amide bonds. The van der Waals surface area contributed by atoms with Gasteiger partial charge in [-0.2, -0.15) is 10.2 Å². The fourth-order valence-corrected chi connectivity index (χ4v) is 4.83. The predicted octanol–water partition coefficient (Wildman–Crippen LogP) is 6.34. The predicted molar refractivity (Wildman–Crippen MR) is 146 cm³/mol. The lowest BCUT2D eigenvalue weighted by Gasteiger charge is -2.29. The topological polar surface area (TPSA) is 54.2 Å². The van der Waals surface area contributed by atoms with E-state index in [0.717, 1.165) is 55.4 Å². The van der Waals surface area contributed by atoms with Crippen LogP contribution in [0.2, 0.25) is 0 Å². The monoisotopic (exact) mass is 469 g/mol. The first kappa shape index (κ1) is 25.1. The molecule has 2 aromatic rings. The molecule has 0 aromatic carbocycles. The maximum Gasteiger partial charge on any atom is 0.133 e. The summed E-state index contributed by atoms with van der Waals surface area (Å²) in [4.78, 5) is 2.33. The number of fused-ring (bicyclic) bond motifs is 1. The van der Waals surface area contributed by atoms with Gasteiger partial charge in [-0.1, -0.05) is 45.1 Å². The fraction of sp³-hybridized carbons (Fsp3) is 0.462. The highest BCUT2D eigenvalue weighted by Gasteiger charge is 2.19. The Labute approximate surface area is 203 Å². The number of hydrogen-bond donors (Lipinski definition) is 1. The van der Waals surface area contributed by atoms with Crippen LogP contribution in [0.4, 0.5) is 11.5 Å². The van der Waals surface area contributed by atoms with Crippen LogP contribution >= 0.6 is 11.8 Å². The zero-order valence-electron chi connectivity index (χ0n) is 20.3. The minimum absolute atomic E-state index is 0. The molecule has 4 rings (SSSR count). The number of hydrazone groups is 1. The lowest BCUT2D eigenvalue weighted by Crippen LogP contribution is -2.37. The van der Waals surface area contributed by atoms with Crippen LogP contribution in [0.1, 0.15) is 47.2 Å². The van der Waals surface area contributed by atoms with E-state index in [1.807, 2.05) is 49.3 Å². The lowest BCUT2D eigenvalue weighted by molar-refractivity contribution is 0.122. The van der Waals surface area contributed by atoms with E-state index in [-0.39, 0.29) is 7.34 Å². The molecule has 3 atom stereocenters. The molecule has 0 aliphatic carbocycles. The third-order valence-electron chi connectivity index (χ3n) is 5.74. The molecule has 33 heavy (non-hydrogen) atoms. The molecule has 2 aromatic heterocycles. The summed E-state index contributed by atoms with van der Waals surface area (Å²) < 4.78 is 7.60. The zero-order valence-corrected chi connectivity index (χ0v) is 21.1. The Morgan fingerprint density at radius 2 is 2.12 bits per heavy atom. The number of allylic oxidation sites excluding steroid dienone is 4. The second-order valence-electron chi connectivity index (χ2n) is 7.93. The van der Waals surface area contributed by atoms with Crippen molar-refractivity contribution >= 4 is 35.0 Å². The van der Waals surface area contributed by atoms with Crippen molar-refractivity contribution < 1.29 is 6.16 Å². The molecule has 7 heteroatoms. The van der Waals surface area contributed by atoms with E-state index in [4.69, 9.17) is 9.84 Å². The molecule has 1 saturated heterocycles. The van der Waals surface area contributed by atoms with E-state index in [0.29, 0.717) is 11.2 Å². The van der Waals surface area contributed by atoms with Gasteiger partial charge < -0.3 is 9.64 Å². The third-order valence-corrected chi connectivity index (χ3v) is 6.92. The number of aromatic nitrogens is 2. The Bertz CT molecular complexity index is 996. The number of nitrogens with zero attached hydrogens (tertiary/aromatic N) is 4. The molecule has 4 heterocycles. The van der Waals surface area contributed by atoms with Gasteiger partial charge in [0, 0.05) is 32.7 Å². The Morgan fingerprint density at radius 1 is 1.33 bits per heavy atom. The standard InChI is InChI=1S/C24H31N5OS.C2H6.H2/c1-4-6-7-19(5-2)22-16-21-14-20(26-25-17-23-18(3)8-13-31-23)15-24(29(21)27-22)28-9-11-30-12-10-28;1-2;/h4-6,8,13-19,23,26H,2,7,9-12H2,1,3H3;1-2H3;1H/b6-4-,25-17+;;. The average Bonchev–Trinajstić information content (AvgIpc) is 3.47. The number of hydrogen-bond acceptors (Lipinski definition) is 6. The summed E-state index contributed by atoms with van der Waals surface area (Å²) in [6.07, 6.45) is 11.3. The number of rotatable bonds is 8. The molecule has 1 N–H and O–H groups in total. The molecule has 2 aliphatic heterocycles. The van der Waals surface area contributed by atoms with Crippen molar-refractivity contribution in [3.63, 3.8) is 0 Å². The molecule has 1 fully saturated rings. The highest BCUT2D eigenvalue weighted by molar-refractivity contribution is 8.03. The minimum atomic E-state index is 0. The Kier molecular flexibility index (Phi) is 9.63. The lowest BCUT2D eigenvalue weighted by atomic mass is 10.0. The molecule has 0 saturated carbocycles. The van der Waals surface area contributed by atoms with Gasteiger partial charge in [-0.3, -0.25) is 5.43 Å². The van der Waals surface area contributed by atoms with Crippen molar-refractivity contribution in [2.75, 3.05) is 36.6 Å². The average molecular weight is 470 g/mol. The van der Waals surface area contributed by atoms with Crippen molar-refractivity contribution in [1.29, 1.82) is 0 Å². The van der Waals surface area contributed by atoms with Crippen LogP contribution in [0, 0.1) is 5.92 Å². The number of anilines is 2. The van der Waals surface area contributed by atoms with E-state index in [1.54, 1.807) is 0 Å². The van der Waals surface area contributed by atoms with Crippen molar-refractivity contribution in [3.8, 4) is 0 Å². The van der Waals surface area contributed by atoms with Crippen LogP contribution in [0.3, 0.4) is 0 Å². The van der Waals surface area contributed by atoms with Gasteiger partial charge in [-0.25, -0.2) is 4.52 Å². The number of morpholine rings is 1. The van der Waals surface area contributed by atoms with E-state index in [1.165, 1.54) is 0 Å². The second-order valence-corrected chi connectivity index (χ2v) is 9.02. The van der Waals surface area contributed by atoms with Gasteiger partial charge in [-0.15, -0.1) is 18.3 Å². The first-order valence-corrected chi connectivity index (χ1v) is 12.9. The quantitative estimate of drug-likeness (QED) is 0.278. The van der Waals surface area contributed by atoms with Gasteiger partial charge >= 0.3 is 0 Å². The van der Waals surface area contributed by atoms with Crippen LogP contribution in [0.25, 0.3) is 5.52 Å². The third kappa shape index (κ3) is 6.30. The summed E-state index contributed by atoms with van der Waals surface area (Å²) >= 11 is 1.81. The Morgan fingerprint density at radius 3 is 2.79 bits per heavy atom. The summed E-state index contributed by atoms with van der Waals surface area (Å²) in [7, 11) is 0. The van der Waals surface area contributed by atoms with Crippen molar-refractivity contribution in [1.82, 2.24) is 9.61 Å². The van der Waals surface area contributed by atoms with Crippen molar-refractivity contribution in [2.24, 2.45) is 11.0 Å². The molecule has 6 nitrogen and oxygen atoms in total. The number of pyridine rings is 1. The second kappa shape index (κ2) is 12.7. The van der Waals surface area contributed by atoms with Gasteiger partial charge in [0.1, 0.15) is 5.82 Å². The SMILES string of the molecule is C=CC(C/C=C\C)c1cc2cc(N/N=C/C3SC=CC3C)cc(N3CCOCC3)n2n1.CC.[HH]. The minimum Gasteiger partial charge on any atom is -0.378 e. The number of thioether (sulfide) groups is 1. The fourth-order valence-electron chi connectivity index (χ4n) is 3.84. The van der Waals surface area contributed by atoms with Crippen LogP contribution in [0.5, 0.6) is 0 Å². The summed E-state index contributed by atoms with van der Waals surface area (Å²) in [6, 6.07) is 6.40. The summed E-state index contributed by atoms with van der Waals surface area (Å²) in [5, 5.41) is 12.0. The zero-order chi connectivity index (χ0) is 23.6. The summed E-state index contributed by atoms with van der Waals surface area (Å²) in [6.45, 7) is 15.4. The maximum atomic E-state index is 5.56. The molecule has 2 aliphatic rings. The largest absolute Gasteiger partial charge is 0.378 e. The van der Waals surface area contributed by atoms with E-state index in [9.17, 15) is 0 Å². The van der Waals surface area contributed by atoms with Crippen LogP contribution in [-0.4, -0.2) is 47.4 Å². The molecule has 0 spiro atoms. The van der Waals surface area contributed by atoms with Crippen molar-refractivity contribution in [2.45, 2.75) is 45.3 Å². The summed E-state index contributed by atoms with van der Waals surface area (Å²) in [5.41, 5.74) is 6.29. The van der Waals surface area contributed by atoms with Crippen LogP contribution in [-0.2, 0) is 4.74 Å². The molecular weight excluding hydrogens is 430 g/mol. The molecule has 180 valence electrons. The Hall–Kier alpha value is -2.51. The molecule has 0 bridgehead atoms. The van der Waals surface area contributed by atoms with Crippen LogP contribution < -0.4 is 10.3 Å². The van der Waals surface area contributed by atoms with Gasteiger partial charge in [-0.05, 0) is 36.8 Å². The van der Waals surface area contributed by atoms with Crippen LogP contribution in [0.15, 0.2) is 59.6 Å². The molecule has 0 radical (unpaired) electrons. The number of nitrogens with one attached hydrogen (secondary N) is 1. The Balaban J connectivity index is 0.00000133. The first-order chi connectivity index (χ1) is 16.2. The molecular formula is C26H39N5OS. The normalized spacial score (nSPS) is 21.5. The van der Waals surface area contributed by atoms with Gasteiger partial charge in [0.2, 0.25) is 0 Å². The summed E-state index contributed by atoms with van der Waals surface area (Å²) in [5.74, 6) is 1.76. The van der Waals surface area contributed by atoms with Gasteiger partial charge in [0.05, 0.1) is 35.4 Å². The number of ether oxygens (including phenoxy) is 1. The molecule has 3 unspecified atom stereocenters. The highest BCUT2D eigenvalue weighted by Crippen LogP contribution is 2.29.